The predicted molar refractivity (Wildman–Crippen MR) is 111 cm³/mol. The number of methoxy groups -OCH3 is 1. The van der Waals surface area contributed by atoms with Crippen LogP contribution in [0.3, 0.4) is 0 Å². The minimum absolute atomic E-state index is 0.0411. The molecule has 1 atom stereocenters. The third-order valence-electron chi connectivity index (χ3n) is 4.81. The molecule has 3 aromatic rings. The zero-order chi connectivity index (χ0) is 20.4. The molecule has 29 heavy (non-hydrogen) atoms. The number of para-hydroxylation sites is 2. The molecule has 0 saturated carbocycles. The summed E-state index contributed by atoms with van der Waals surface area (Å²) in [5.41, 5.74) is 2.29. The van der Waals surface area contributed by atoms with Crippen molar-refractivity contribution in [2.75, 3.05) is 17.7 Å². The van der Waals surface area contributed by atoms with E-state index >= 15 is 0 Å². The Morgan fingerprint density at radius 1 is 1.28 bits per heavy atom. The van der Waals surface area contributed by atoms with Gasteiger partial charge in [-0.15, -0.1) is 0 Å². The van der Waals surface area contributed by atoms with Gasteiger partial charge in [-0.3, -0.25) is 9.59 Å². The Balaban J connectivity index is 1.48. The van der Waals surface area contributed by atoms with E-state index in [2.05, 4.69) is 15.7 Å². The zero-order valence-corrected chi connectivity index (χ0v) is 16.4. The Bertz CT molecular complexity index is 1060. The quantitative estimate of drug-likeness (QED) is 0.669. The van der Waals surface area contributed by atoms with Crippen LogP contribution in [0.15, 0.2) is 54.7 Å². The number of nitrogens with zero attached hydrogens (tertiary/aromatic N) is 2. The molecule has 2 amide bonds. The number of amides is 2. The van der Waals surface area contributed by atoms with Gasteiger partial charge in [-0.05, 0) is 29.8 Å². The second-order valence-electron chi connectivity index (χ2n) is 6.73. The molecule has 4 rings (SSSR count). The number of hydrogen-bond donors (Lipinski definition) is 2. The van der Waals surface area contributed by atoms with E-state index < -0.39 is 5.92 Å². The van der Waals surface area contributed by atoms with Crippen molar-refractivity contribution in [1.29, 1.82) is 0 Å². The first kappa shape index (κ1) is 19.0. The molecule has 1 aliphatic heterocycles. The predicted octanol–water partition coefficient (Wildman–Crippen LogP) is 3.81. The Kier molecular flexibility index (Phi) is 5.22. The second-order valence-corrected chi connectivity index (χ2v) is 7.17. The summed E-state index contributed by atoms with van der Waals surface area (Å²) in [6.07, 6.45) is 1.75. The van der Waals surface area contributed by atoms with Gasteiger partial charge in [-0.25, -0.2) is 4.68 Å². The summed E-state index contributed by atoms with van der Waals surface area (Å²) in [6, 6.07) is 14.5. The summed E-state index contributed by atoms with van der Waals surface area (Å²) in [7, 11) is 1.54. The van der Waals surface area contributed by atoms with Crippen LogP contribution in [-0.4, -0.2) is 28.7 Å². The molecule has 1 aromatic heterocycles. The molecule has 1 unspecified atom stereocenters. The van der Waals surface area contributed by atoms with Crippen molar-refractivity contribution >= 4 is 34.9 Å². The average molecular weight is 411 g/mol. The van der Waals surface area contributed by atoms with Crippen molar-refractivity contribution in [1.82, 2.24) is 9.78 Å². The van der Waals surface area contributed by atoms with Gasteiger partial charge < -0.3 is 15.4 Å². The number of fused-ring (bicyclic) bond motifs is 1. The Hall–Kier alpha value is -3.32. The van der Waals surface area contributed by atoms with Crippen LogP contribution in [-0.2, 0) is 16.1 Å². The number of carbonyl (C=O) groups excluding carboxylic acids is 2. The van der Waals surface area contributed by atoms with E-state index in [0.29, 0.717) is 28.8 Å². The molecular formula is C21H19ClN4O3. The van der Waals surface area contributed by atoms with Crippen molar-refractivity contribution in [2.24, 2.45) is 5.92 Å². The van der Waals surface area contributed by atoms with E-state index in [0.717, 1.165) is 11.1 Å². The fraction of sp³-hybridized carbons (Fsp3) is 0.190. The molecule has 1 aliphatic rings. The van der Waals surface area contributed by atoms with Gasteiger partial charge in [0.2, 0.25) is 11.8 Å². The molecule has 0 spiro atoms. The first-order valence-corrected chi connectivity index (χ1v) is 9.48. The lowest BCUT2D eigenvalue weighted by molar-refractivity contribution is -0.125. The molecule has 2 aromatic carbocycles. The topological polar surface area (TPSA) is 85.2 Å². The van der Waals surface area contributed by atoms with Gasteiger partial charge in [0.25, 0.3) is 0 Å². The van der Waals surface area contributed by atoms with Gasteiger partial charge in [-0.2, -0.15) is 5.10 Å². The Labute approximate surface area is 172 Å². The van der Waals surface area contributed by atoms with E-state index in [1.165, 1.54) is 7.11 Å². The molecule has 2 heterocycles. The van der Waals surface area contributed by atoms with Gasteiger partial charge >= 0.3 is 0 Å². The second kappa shape index (κ2) is 7.97. The summed E-state index contributed by atoms with van der Waals surface area (Å²) in [5.74, 6) is 0.205. The molecule has 148 valence electrons. The molecule has 0 bridgehead atoms. The van der Waals surface area contributed by atoms with Gasteiger partial charge in [0.05, 0.1) is 31.5 Å². The molecule has 0 saturated heterocycles. The Morgan fingerprint density at radius 2 is 2.03 bits per heavy atom. The van der Waals surface area contributed by atoms with Crippen LogP contribution < -0.4 is 15.4 Å². The van der Waals surface area contributed by atoms with E-state index in [1.807, 2.05) is 18.2 Å². The standard InChI is InChI=1S/C21H19ClN4O3/c1-29-18-5-3-2-4-17(18)24-19(27)10-14-12-26-20(25-21(14)28)16(11-23-26)13-6-8-15(22)9-7-13/h2-9,11,14H,10,12H2,1H3,(H,24,27)(H,25,28). The van der Waals surface area contributed by atoms with Crippen LogP contribution >= 0.6 is 11.6 Å². The molecule has 7 nitrogen and oxygen atoms in total. The molecule has 8 heteroatoms. The number of nitrogens with one attached hydrogen (secondary N) is 2. The van der Waals surface area contributed by atoms with Crippen LogP contribution in [0.5, 0.6) is 5.75 Å². The van der Waals surface area contributed by atoms with Crippen LogP contribution in [0, 0.1) is 5.92 Å². The number of halogens is 1. The number of benzene rings is 2. The lowest BCUT2D eigenvalue weighted by Gasteiger charge is -2.24. The average Bonchev–Trinajstić information content (AvgIpc) is 3.12. The van der Waals surface area contributed by atoms with Crippen molar-refractivity contribution in [3.8, 4) is 16.9 Å². The highest BCUT2D eigenvalue weighted by atomic mass is 35.5. The third-order valence-corrected chi connectivity index (χ3v) is 5.07. The van der Waals surface area contributed by atoms with Crippen molar-refractivity contribution < 1.29 is 14.3 Å². The van der Waals surface area contributed by atoms with Gasteiger partial charge in [0.1, 0.15) is 11.6 Å². The first-order chi connectivity index (χ1) is 14.0. The van der Waals surface area contributed by atoms with E-state index in [4.69, 9.17) is 16.3 Å². The number of rotatable bonds is 5. The SMILES string of the molecule is COc1ccccc1NC(=O)CC1Cn2ncc(-c3ccc(Cl)cc3)c2NC1=O. The van der Waals surface area contributed by atoms with Crippen molar-refractivity contribution in [3.05, 3.63) is 59.8 Å². The highest BCUT2D eigenvalue weighted by molar-refractivity contribution is 6.30. The summed E-state index contributed by atoms with van der Waals surface area (Å²) < 4.78 is 6.95. The minimum atomic E-state index is -0.518. The van der Waals surface area contributed by atoms with Crippen LogP contribution in [0.1, 0.15) is 6.42 Å². The summed E-state index contributed by atoms with van der Waals surface area (Å²) in [5, 5.41) is 10.7. The summed E-state index contributed by atoms with van der Waals surface area (Å²) >= 11 is 5.95. The van der Waals surface area contributed by atoms with Crippen LogP contribution in [0.2, 0.25) is 5.02 Å². The maximum atomic E-state index is 12.6. The molecule has 0 fully saturated rings. The Morgan fingerprint density at radius 3 is 2.79 bits per heavy atom. The maximum absolute atomic E-state index is 12.6. The highest BCUT2D eigenvalue weighted by Gasteiger charge is 2.30. The van der Waals surface area contributed by atoms with E-state index in [-0.39, 0.29) is 18.2 Å². The van der Waals surface area contributed by atoms with E-state index in [9.17, 15) is 9.59 Å². The monoisotopic (exact) mass is 410 g/mol. The van der Waals surface area contributed by atoms with Gasteiger partial charge in [0, 0.05) is 17.0 Å². The maximum Gasteiger partial charge on any atom is 0.231 e. The molecule has 0 aliphatic carbocycles. The molecule has 2 N–H and O–H groups in total. The largest absolute Gasteiger partial charge is 0.495 e. The van der Waals surface area contributed by atoms with Crippen molar-refractivity contribution in [2.45, 2.75) is 13.0 Å². The fourth-order valence-electron chi connectivity index (χ4n) is 3.34. The third kappa shape index (κ3) is 3.95. The summed E-state index contributed by atoms with van der Waals surface area (Å²) in [6.45, 7) is 0.327. The van der Waals surface area contributed by atoms with Gasteiger partial charge in [0.15, 0.2) is 0 Å². The van der Waals surface area contributed by atoms with Gasteiger partial charge in [-0.1, -0.05) is 35.9 Å². The number of hydrogen-bond acceptors (Lipinski definition) is 4. The smallest absolute Gasteiger partial charge is 0.231 e. The molecule has 0 radical (unpaired) electrons. The van der Waals surface area contributed by atoms with Crippen LogP contribution in [0.25, 0.3) is 11.1 Å². The number of carbonyl (C=O) groups is 2. The lowest BCUT2D eigenvalue weighted by Crippen LogP contribution is -2.36. The number of ether oxygens (including phenoxy) is 1. The fourth-order valence-corrected chi connectivity index (χ4v) is 3.46. The normalized spacial score (nSPS) is 15.4. The van der Waals surface area contributed by atoms with Crippen molar-refractivity contribution in [3.63, 3.8) is 0 Å². The van der Waals surface area contributed by atoms with E-state index in [1.54, 1.807) is 41.2 Å². The minimum Gasteiger partial charge on any atom is -0.495 e. The van der Waals surface area contributed by atoms with Crippen LogP contribution in [0.4, 0.5) is 11.5 Å². The first-order valence-electron chi connectivity index (χ1n) is 9.10. The number of anilines is 2. The zero-order valence-electron chi connectivity index (χ0n) is 15.7. The highest BCUT2D eigenvalue weighted by Crippen LogP contribution is 2.33. The molecular weight excluding hydrogens is 392 g/mol. The lowest BCUT2D eigenvalue weighted by atomic mass is 10.0. The summed E-state index contributed by atoms with van der Waals surface area (Å²) in [4.78, 5) is 25.1. The number of aromatic nitrogens is 2.